The third kappa shape index (κ3) is 3.77. The van der Waals surface area contributed by atoms with E-state index in [0.29, 0.717) is 18.4 Å². The Labute approximate surface area is 135 Å². The van der Waals surface area contributed by atoms with Crippen LogP contribution in [-0.4, -0.2) is 33.2 Å². The summed E-state index contributed by atoms with van der Waals surface area (Å²) >= 11 is 1.77. The van der Waals surface area contributed by atoms with E-state index in [4.69, 9.17) is 0 Å². The minimum Gasteiger partial charge on any atom is -0.338 e. The molecule has 22 heavy (non-hydrogen) atoms. The fraction of sp³-hybridized carbons (Fsp3) is 0.529. The highest BCUT2D eigenvalue weighted by atomic mass is 32.1. The molecule has 4 nitrogen and oxygen atoms in total. The maximum absolute atomic E-state index is 12.5. The fourth-order valence-corrected chi connectivity index (χ4v) is 3.90. The monoisotopic (exact) mass is 317 g/mol. The summed E-state index contributed by atoms with van der Waals surface area (Å²) in [6.07, 6.45) is 8.76. The van der Waals surface area contributed by atoms with E-state index in [0.717, 1.165) is 38.8 Å². The minimum absolute atomic E-state index is 0.308. The van der Waals surface area contributed by atoms with E-state index in [2.05, 4.69) is 33.7 Å². The number of carbonyl (C=O) groups is 1. The molecular weight excluding hydrogens is 294 g/mol. The summed E-state index contributed by atoms with van der Waals surface area (Å²) in [5.41, 5.74) is 1.17. The van der Waals surface area contributed by atoms with E-state index in [1.165, 1.54) is 10.4 Å². The van der Waals surface area contributed by atoms with E-state index in [1.807, 2.05) is 17.8 Å². The zero-order chi connectivity index (χ0) is 15.4. The van der Waals surface area contributed by atoms with Crippen molar-refractivity contribution in [2.75, 3.05) is 6.54 Å². The standard InChI is InChI=1S/C17H23N3OS/c1-14-11-18-19(12-14)13-15-5-3-9-20(15)17(21)8-2-6-16-7-4-10-22-16/h4,7,10-12,15H,2-3,5-6,8-9,13H2,1H3/t15-/m0/s1. The Hall–Kier alpha value is -1.62. The highest BCUT2D eigenvalue weighted by molar-refractivity contribution is 7.09. The predicted molar refractivity (Wildman–Crippen MR) is 89.0 cm³/mol. The predicted octanol–water partition coefficient (Wildman–Crippen LogP) is 3.27. The minimum atomic E-state index is 0.308. The van der Waals surface area contributed by atoms with Gasteiger partial charge in [-0.2, -0.15) is 5.10 Å². The van der Waals surface area contributed by atoms with Crippen molar-refractivity contribution < 1.29 is 4.79 Å². The Kier molecular flexibility index (Phi) is 4.93. The third-order valence-electron chi connectivity index (χ3n) is 4.25. The fourth-order valence-electron chi connectivity index (χ4n) is 3.15. The summed E-state index contributed by atoms with van der Waals surface area (Å²) in [5.74, 6) is 0.308. The average molecular weight is 317 g/mol. The molecule has 0 bridgehead atoms. The largest absolute Gasteiger partial charge is 0.338 e. The number of aromatic nitrogens is 2. The lowest BCUT2D eigenvalue weighted by molar-refractivity contribution is -0.132. The zero-order valence-corrected chi connectivity index (χ0v) is 13.9. The molecule has 3 rings (SSSR count). The highest BCUT2D eigenvalue weighted by Crippen LogP contribution is 2.21. The van der Waals surface area contributed by atoms with E-state index >= 15 is 0 Å². The van der Waals surface area contributed by atoms with Crippen LogP contribution in [0.5, 0.6) is 0 Å². The van der Waals surface area contributed by atoms with Crippen LogP contribution in [0.25, 0.3) is 0 Å². The molecular formula is C17H23N3OS. The van der Waals surface area contributed by atoms with Crippen LogP contribution in [-0.2, 0) is 17.8 Å². The molecule has 1 saturated heterocycles. The second-order valence-electron chi connectivity index (χ2n) is 6.06. The molecule has 1 aliphatic rings. The molecule has 0 N–H and O–H groups in total. The number of amides is 1. The lowest BCUT2D eigenvalue weighted by Gasteiger charge is -2.24. The normalized spacial score (nSPS) is 18.0. The Bertz CT molecular complexity index is 605. The van der Waals surface area contributed by atoms with Crippen LogP contribution in [0.1, 0.15) is 36.1 Å². The number of thiophene rings is 1. The Morgan fingerprint density at radius 2 is 2.41 bits per heavy atom. The Morgan fingerprint density at radius 1 is 1.50 bits per heavy atom. The van der Waals surface area contributed by atoms with Gasteiger partial charge in [0.25, 0.3) is 0 Å². The van der Waals surface area contributed by atoms with E-state index in [9.17, 15) is 4.79 Å². The van der Waals surface area contributed by atoms with Gasteiger partial charge in [-0.1, -0.05) is 6.07 Å². The maximum Gasteiger partial charge on any atom is 0.222 e. The van der Waals surface area contributed by atoms with Gasteiger partial charge in [-0.05, 0) is 49.6 Å². The van der Waals surface area contributed by atoms with Gasteiger partial charge in [-0.25, -0.2) is 0 Å². The molecule has 2 aromatic heterocycles. The van der Waals surface area contributed by atoms with E-state index in [1.54, 1.807) is 11.3 Å². The average Bonchev–Trinajstić information content (AvgIpc) is 3.21. The lowest BCUT2D eigenvalue weighted by Crippen LogP contribution is -2.38. The van der Waals surface area contributed by atoms with Crippen molar-refractivity contribution in [3.8, 4) is 0 Å². The molecule has 2 aromatic rings. The number of hydrogen-bond acceptors (Lipinski definition) is 3. The first kappa shape index (κ1) is 15.3. The highest BCUT2D eigenvalue weighted by Gasteiger charge is 2.28. The van der Waals surface area contributed by atoms with Gasteiger partial charge in [0.1, 0.15) is 0 Å². The van der Waals surface area contributed by atoms with E-state index in [-0.39, 0.29) is 0 Å². The maximum atomic E-state index is 12.5. The van der Waals surface area contributed by atoms with Crippen molar-refractivity contribution in [1.82, 2.24) is 14.7 Å². The smallest absolute Gasteiger partial charge is 0.222 e. The molecule has 0 radical (unpaired) electrons. The molecule has 1 fully saturated rings. The molecule has 1 aliphatic heterocycles. The van der Waals surface area contributed by atoms with Gasteiger partial charge in [0.2, 0.25) is 5.91 Å². The number of hydrogen-bond donors (Lipinski definition) is 0. The van der Waals surface area contributed by atoms with Crippen molar-refractivity contribution in [2.24, 2.45) is 0 Å². The van der Waals surface area contributed by atoms with Gasteiger partial charge in [-0.3, -0.25) is 9.48 Å². The van der Waals surface area contributed by atoms with Crippen LogP contribution >= 0.6 is 11.3 Å². The second kappa shape index (κ2) is 7.09. The molecule has 0 unspecified atom stereocenters. The van der Waals surface area contributed by atoms with Gasteiger partial charge in [-0.15, -0.1) is 11.3 Å². The molecule has 0 aromatic carbocycles. The van der Waals surface area contributed by atoms with Crippen LogP contribution in [0.15, 0.2) is 29.9 Å². The van der Waals surface area contributed by atoms with Gasteiger partial charge in [0.15, 0.2) is 0 Å². The summed E-state index contributed by atoms with van der Waals surface area (Å²) in [4.78, 5) is 15.9. The Balaban J connectivity index is 1.50. The van der Waals surface area contributed by atoms with Gasteiger partial charge in [0, 0.05) is 24.0 Å². The number of aryl methyl sites for hydroxylation is 2. The first-order chi connectivity index (χ1) is 10.7. The second-order valence-corrected chi connectivity index (χ2v) is 7.09. The summed E-state index contributed by atoms with van der Waals surface area (Å²) in [6.45, 7) is 3.78. The van der Waals surface area contributed by atoms with Crippen molar-refractivity contribution in [1.29, 1.82) is 0 Å². The molecule has 1 atom stereocenters. The SMILES string of the molecule is Cc1cnn(C[C@@H]2CCCN2C(=O)CCCc2cccs2)c1. The van der Waals surface area contributed by atoms with Crippen molar-refractivity contribution in [2.45, 2.75) is 51.6 Å². The molecule has 0 spiro atoms. The summed E-state index contributed by atoms with van der Waals surface area (Å²) in [6, 6.07) is 4.53. The number of carbonyl (C=O) groups excluding carboxylic acids is 1. The number of nitrogens with zero attached hydrogens (tertiary/aromatic N) is 3. The molecule has 1 amide bonds. The van der Waals surface area contributed by atoms with Gasteiger partial charge >= 0.3 is 0 Å². The quantitative estimate of drug-likeness (QED) is 0.820. The first-order valence-electron chi connectivity index (χ1n) is 8.03. The van der Waals surface area contributed by atoms with Crippen LogP contribution in [0.3, 0.4) is 0 Å². The van der Waals surface area contributed by atoms with Crippen molar-refractivity contribution in [3.63, 3.8) is 0 Å². The molecule has 3 heterocycles. The van der Waals surface area contributed by atoms with Gasteiger partial charge < -0.3 is 4.90 Å². The van der Waals surface area contributed by atoms with Crippen LogP contribution in [0, 0.1) is 6.92 Å². The first-order valence-corrected chi connectivity index (χ1v) is 8.91. The summed E-state index contributed by atoms with van der Waals surface area (Å²) in [5, 5.41) is 6.45. The third-order valence-corrected chi connectivity index (χ3v) is 5.19. The Morgan fingerprint density at radius 3 is 3.14 bits per heavy atom. The van der Waals surface area contributed by atoms with Crippen molar-refractivity contribution >= 4 is 17.2 Å². The molecule has 0 aliphatic carbocycles. The van der Waals surface area contributed by atoms with Crippen molar-refractivity contribution in [3.05, 3.63) is 40.3 Å². The number of likely N-dealkylation sites (tertiary alicyclic amines) is 1. The van der Waals surface area contributed by atoms with Crippen LogP contribution < -0.4 is 0 Å². The zero-order valence-electron chi connectivity index (χ0n) is 13.1. The summed E-state index contributed by atoms with van der Waals surface area (Å²) in [7, 11) is 0. The van der Waals surface area contributed by atoms with Gasteiger partial charge in [0.05, 0.1) is 18.8 Å². The summed E-state index contributed by atoms with van der Waals surface area (Å²) < 4.78 is 1.97. The molecule has 5 heteroatoms. The topological polar surface area (TPSA) is 38.1 Å². The van der Waals surface area contributed by atoms with Crippen LogP contribution in [0.4, 0.5) is 0 Å². The number of rotatable bonds is 6. The lowest BCUT2D eigenvalue weighted by atomic mass is 10.1. The molecule has 118 valence electrons. The van der Waals surface area contributed by atoms with Crippen LogP contribution in [0.2, 0.25) is 0 Å². The van der Waals surface area contributed by atoms with E-state index < -0.39 is 0 Å². The molecule has 0 saturated carbocycles.